The summed E-state index contributed by atoms with van der Waals surface area (Å²) in [4.78, 5) is 10.2. The fraction of sp³-hybridized carbons (Fsp3) is 0.312. The lowest BCUT2D eigenvalue weighted by molar-refractivity contribution is 0.416. The first-order chi connectivity index (χ1) is 17.0. The highest BCUT2D eigenvalue weighted by Crippen LogP contribution is 2.37. The van der Waals surface area contributed by atoms with Crippen LogP contribution in [-0.4, -0.2) is 24.2 Å². The Hall–Kier alpha value is -3.66. The number of benzene rings is 2. The zero-order valence-electron chi connectivity index (χ0n) is 22.6. The number of rotatable bonds is 5. The molecule has 0 unspecified atom stereocenters. The van der Waals surface area contributed by atoms with E-state index in [0.29, 0.717) is 0 Å². The zero-order valence-corrected chi connectivity index (χ0v) is 22.6. The standard InChI is InChI=1S/C32H36N2O2/c1-31(2,3)21-17-25(23-13-9-11-15-29(23)35-7)33-27(19-21)28-20-22(32(4,5)6)18-26(34-28)24-14-10-12-16-30(24)36-8/h9-20H,1-8H3. The third-order valence-corrected chi connectivity index (χ3v) is 6.41. The number of para-hydroxylation sites is 2. The second kappa shape index (κ2) is 9.77. The normalized spacial score (nSPS) is 11.9. The van der Waals surface area contributed by atoms with Gasteiger partial charge in [0.05, 0.1) is 37.0 Å². The van der Waals surface area contributed by atoms with Crippen molar-refractivity contribution in [1.29, 1.82) is 0 Å². The molecule has 4 nitrogen and oxygen atoms in total. The van der Waals surface area contributed by atoms with Gasteiger partial charge in [0.15, 0.2) is 0 Å². The number of ether oxygens (including phenoxy) is 2. The molecule has 186 valence electrons. The van der Waals surface area contributed by atoms with Crippen LogP contribution in [-0.2, 0) is 10.8 Å². The summed E-state index contributed by atoms with van der Waals surface area (Å²) < 4.78 is 11.3. The number of hydrogen-bond donors (Lipinski definition) is 0. The van der Waals surface area contributed by atoms with Crippen LogP contribution in [0.15, 0.2) is 72.8 Å². The van der Waals surface area contributed by atoms with Gasteiger partial charge in [-0.05, 0) is 70.5 Å². The number of aromatic nitrogens is 2. The van der Waals surface area contributed by atoms with Gasteiger partial charge in [0.1, 0.15) is 11.5 Å². The van der Waals surface area contributed by atoms with Gasteiger partial charge in [0.25, 0.3) is 0 Å². The summed E-state index contributed by atoms with van der Waals surface area (Å²) in [5, 5.41) is 0. The third kappa shape index (κ3) is 5.28. The molecule has 0 atom stereocenters. The average molecular weight is 481 g/mol. The minimum atomic E-state index is -0.0679. The van der Waals surface area contributed by atoms with Crippen molar-refractivity contribution in [3.8, 4) is 45.4 Å². The van der Waals surface area contributed by atoms with Crippen LogP contribution in [0.1, 0.15) is 52.7 Å². The van der Waals surface area contributed by atoms with Gasteiger partial charge in [-0.15, -0.1) is 0 Å². The van der Waals surface area contributed by atoms with Crippen LogP contribution >= 0.6 is 0 Å². The van der Waals surface area contributed by atoms with Crippen LogP contribution in [0.2, 0.25) is 0 Å². The molecule has 4 aromatic rings. The van der Waals surface area contributed by atoms with Crippen molar-refractivity contribution < 1.29 is 9.47 Å². The smallest absolute Gasteiger partial charge is 0.128 e. The Kier molecular flexibility index (Phi) is 6.90. The molecule has 0 bridgehead atoms. The molecular formula is C32H36N2O2. The van der Waals surface area contributed by atoms with Gasteiger partial charge in [-0.1, -0.05) is 65.8 Å². The second-order valence-electron chi connectivity index (χ2n) is 11.2. The van der Waals surface area contributed by atoms with E-state index in [4.69, 9.17) is 19.4 Å². The van der Waals surface area contributed by atoms with Gasteiger partial charge in [-0.25, -0.2) is 9.97 Å². The lowest BCUT2D eigenvalue weighted by atomic mass is 9.84. The largest absolute Gasteiger partial charge is 0.496 e. The van der Waals surface area contributed by atoms with Gasteiger partial charge in [0.2, 0.25) is 0 Å². The Balaban J connectivity index is 2.00. The second-order valence-corrected chi connectivity index (χ2v) is 11.2. The molecule has 2 aromatic heterocycles. The maximum Gasteiger partial charge on any atom is 0.128 e. The monoisotopic (exact) mass is 480 g/mol. The predicted molar refractivity (Wildman–Crippen MR) is 149 cm³/mol. The molecule has 0 aliphatic carbocycles. The van der Waals surface area contributed by atoms with E-state index in [9.17, 15) is 0 Å². The lowest BCUT2D eigenvalue weighted by Gasteiger charge is -2.23. The summed E-state index contributed by atoms with van der Waals surface area (Å²) in [6.07, 6.45) is 0. The summed E-state index contributed by atoms with van der Waals surface area (Å²) in [5.41, 5.74) is 7.59. The Labute approximate surface area is 215 Å². The maximum atomic E-state index is 5.67. The van der Waals surface area contributed by atoms with Crippen molar-refractivity contribution in [2.24, 2.45) is 0 Å². The molecule has 0 spiro atoms. The molecule has 2 heterocycles. The Morgan fingerprint density at radius 1 is 0.500 bits per heavy atom. The van der Waals surface area contributed by atoms with Crippen molar-refractivity contribution in [3.63, 3.8) is 0 Å². The highest BCUT2D eigenvalue weighted by molar-refractivity contribution is 5.74. The van der Waals surface area contributed by atoms with E-state index < -0.39 is 0 Å². The molecule has 0 fully saturated rings. The van der Waals surface area contributed by atoms with Crippen molar-refractivity contribution >= 4 is 0 Å². The first-order valence-electron chi connectivity index (χ1n) is 12.3. The van der Waals surface area contributed by atoms with Crippen LogP contribution in [0.4, 0.5) is 0 Å². The summed E-state index contributed by atoms with van der Waals surface area (Å²) >= 11 is 0. The van der Waals surface area contributed by atoms with Gasteiger partial charge in [0, 0.05) is 11.1 Å². The Morgan fingerprint density at radius 3 is 1.17 bits per heavy atom. The summed E-state index contributed by atoms with van der Waals surface area (Å²) in [6, 6.07) is 24.7. The minimum Gasteiger partial charge on any atom is -0.496 e. The van der Waals surface area contributed by atoms with E-state index in [0.717, 1.165) is 45.4 Å². The minimum absolute atomic E-state index is 0.0679. The molecule has 0 amide bonds. The molecular weight excluding hydrogens is 444 g/mol. The quantitative estimate of drug-likeness (QED) is 0.289. The molecule has 36 heavy (non-hydrogen) atoms. The number of nitrogens with zero attached hydrogens (tertiary/aromatic N) is 2. The fourth-order valence-electron chi connectivity index (χ4n) is 4.18. The number of pyridine rings is 2. The first kappa shape index (κ1) is 25.4. The Bertz CT molecular complexity index is 1270. The summed E-state index contributed by atoms with van der Waals surface area (Å²) in [5.74, 6) is 1.60. The SMILES string of the molecule is COc1ccccc1-c1cc(C(C)(C)C)cc(-c2cc(C(C)(C)C)cc(-c3ccccc3OC)n2)n1. The molecule has 4 heteroatoms. The van der Waals surface area contributed by atoms with Gasteiger partial charge >= 0.3 is 0 Å². The van der Waals surface area contributed by atoms with Crippen molar-refractivity contribution in [2.45, 2.75) is 52.4 Å². The van der Waals surface area contributed by atoms with Crippen LogP contribution in [0, 0.1) is 0 Å². The lowest BCUT2D eigenvalue weighted by Crippen LogP contribution is -2.14. The van der Waals surface area contributed by atoms with E-state index in [2.05, 4.69) is 77.9 Å². The van der Waals surface area contributed by atoms with Crippen molar-refractivity contribution in [1.82, 2.24) is 9.97 Å². The molecule has 2 aromatic carbocycles. The molecule has 0 aliphatic heterocycles. The summed E-state index contributed by atoms with van der Waals surface area (Å²) in [7, 11) is 3.39. The highest BCUT2D eigenvalue weighted by atomic mass is 16.5. The van der Waals surface area contributed by atoms with Crippen LogP contribution in [0.5, 0.6) is 11.5 Å². The van der Waals surface area contributed by atoms with Crippen LogP contribution in [0.3, 0.4) is 0 Å². The third-order valence-electron chi connectivity index (χ3n) is 6.41. The van der Waals surface area contributed by atoms with Gasteiger partial charge in [-0.3, -0.25) is 0 Å². The molecule has 0 aliphatic rings. The molecule has 0 saturated heterocycles. The van der Waals surface area contributed by atoms with Gasteiger partial charge < -0.3 is 9.47 Å². The van der Waals surface area contributed by atoms with Crippen molar-refractivity contribution in [2.75, 3.05) is 14.2 Å². The summed E-state index contributed by atoms with van der Waals surface area (Å²) in [6.45, 7) is 13.3. The van der Waals surface area contributed by atoms with Crippen LogP contribution < -0.4 is 9.47 Å². The first-order valence-corrected chi connectivity index (χ1v) is 12.3. The van der Waals surface area contributed by atoms with E-state index in [1.54, 1.807) is 14.2 Å². The Morgan fingerprint density at radius 2 is 0.833 bits per heavy atom. The predicted octanol–water partition coefficient (Wildman–Crippen LogP) is 8.09. The molecule has 0 radical (unpaired) electrons. The van der Waals surface area contributed by atoms with E-state index in [1.807, 2.05) is 36.4 Å². The van der Waals surface area contributed by atoms with Crippen molar-refractivity contribution in [3.05, 3.63) is 83.9 Å². The van der Waals surface area contributed by atoms with E-state index >= 15 is 0 Å². The number of hydrogen-bond acceptors (Lipinski definition) is 4. The number of methoxy groups -OCH3 is 2. The topological polar surface area (TPSA) is 44.2 Å². The van der Waals surface area contributed by atoms with Gasteiger partial charge in [-0.2, -0.15) is 0 Å². The maximum absolute atomic E-state index is 5.67. The average Bonchev–Trinajstić information content (AvgIpc) is 2.87. The highest BCUT2D eigenvalue weighted by Gasteiger charge is 2.22. The molecule has 0 N–H and O–H groups in total. The molecule has 4 rings (SSSR count). The fourth-order valence-corrected chi connectivity index (χ4v) is 4.18. The van der Waals surface area contributed by atoms with E-state index in [1.165, 1.54) is 11.1 Å². The van der Waals surface area contributed by atoms with Crippen LogP contribution in [0.25, 0.3) is 33.9 Å². The molecule has 0 saturated carbocycles. The van der Waals surface area contributed by atoms with E-state index in [-0.39, 0.29) is 10.8 Å². The zero-order chi connectivity index (χ0) is 26.1.